The number of carbonyl (C=O) groups is 3. The second-order valence-corrected chi connectivity index (χ2v) is 6.47. The van der Waals surface area contributed by atoms with E-state index in [1.807, 2.05) is 0 Å². The molecule has 8 heteroatoms. The Morgan fingerprint density at radius 1 is 1.14 bits per heavy atom. The molecule has 0 fully saturated rings. The quantitative estimate of drug-likeness (QED) is 0.745. The highest BCUT2D eigenvalue weighted by Gasteiger charge is 2.48. The number of anilines is 1. The van der Waals surface area contributed by atoms with Gasteiger partial charge in [-0.15, -0.1) is 0 Å². The fourth-order valence-electron chi connectivity index (χ4n) is 2.85. The number of Topliss-reactive ketones (excluding diaryl/α,β-unsaturated/α-hetero) is 1. The Labute approximate surface area is 159 Å². The Bertz CT molecular complexity index is 954. The molecule has 1 aliphatic rings. The van der Waals surface area contributed by atoms with Crippen LogP contribution in [0.5, 0.6) is 0 Å². The Morgan fingerprint density at radius 3 is 2.36 bits per heavy atom. The smallest absolute Gasteiger partial charge is 0.308 e. The topological polar surface area (TPSA) is 105 Å². The molecule has 1 amide bonds. The third-order valence-corrected chi connectivity index (χ3v) is 4.36. The number of rotatable bonds is 6. The van der Waals surface area contributed by atoms with E-state index >= 15 is 0 Å². The van der Waals surface area contributed by atoms with Crippen molar-refractivity contribution in [3.05, 3.63) is 65.5 Å². The number of carbonyl (C=O) groups excluding carboxylic acids is 2. The van der Waals surface area contributed by atoms with Crippen LogP contribution in [0.1, 0.15) is 35.7 Å². The molecule has 2 aromatic rings. The number of hydrogen-bond donors (Lipinski definition) is 2. The van der Waals surface area contributed by atoms with Crippen LogP contribution < -0.4 is 5.32 Å². The summed E-state index contributed by atoms with van der Waals surface area (Å²) in [6, 6.07) is 11.6. The van der Waals surface area contributed by atoms with E-state index in [1.165, 1.54) is 31.2 Å². The van der Waals surface area contributed by atoms with Gasteiger partial charge in [-0.3, -0.25) is 14.4 Å². The highest BCUT2D eigenvalue weighted by atomic mass is 19.1. The predicted molar refractivity (Wildman–Crippen MR) is 98.7 cm³/mol. The monoisotopic (exact) mass is 384 g/mol. The van der Waals surface area contributed by atoms with Gasteiger partial charge in [-0.1, -0.05) is 17.3 Å². The molecule has 2 N–H and O–H groups in total. The third-order valence-electron chi connectivity index (χ3n) is 4.36. The average Bonchev–Trinajstić information content (AvgIpc) is 3.07. The highest BCUT2D eigenvalue weighted by Crippen LogP contribution is 2.32. The summed E-state index contributed by atoms with van der Waals surface area (Å²) in [6.45, 7) is 1.43. The Morgan fingerprint density at radius 2 is 1.79 bits per heavy atom. The van der Waals surface area contributed by atoms with E-state index in [0.29, 0.717) is 22.5 Å². The molecule has 0 bridgehead atoms. The van der Waals surface area contributed by atoms with E-state index in [4.69, 9.17) is 4.84 Å². The van der Waals surface area contributed by atoms with Crippen molar-refractivity contribution in [3.63, 3.8) is 0 Å². The van der Waals surface area contributed by atoms with E-state index in [-0.39, 0.29) is 12.2 Å². The van der Waals surface area contributed by atoms with Crippen LogP contribution in [-0.2, 0) is 14.4 Å². The number of hydrogen-bond acceptors (Lipinski definition) is 5. The standard InChI is InChI=1S/C20H17FN2O5/c1-12(24)13-4-8-16(9-5-13)22-19(27)20(11-18(25)26)10-17(23-28-20)14-2-6-15(21)7-3-14/h2-9H,10-11H2,1H3,(H,22,27)(H,25,26). The van der Waals surface area contributed by atoms with E-state index in [9.17, 15) is 23.9 Å². The van der Waals surface area contributed by atoms with Crippen LogP contribution in [0.25, 0.3) is 0 Å². The summed E-state index contributed by atoms with van der Waals surface area (Å²) in [4.78, 5) is 40.8. The third kappa shape index (κ3) is 4.06. The Kier molecular flexibility index (Phi) is 5.21. The van der Waals surface area contributed by atoms with Crippen molar-refractivity contribution in [1.82, 2.24) is 0 Å². The van der Waals surface area contributed by atoms with E-state index in [1.54, 1.807) is 24.3 Å². The molecule has 7 nitrogen and oxygen atoms in total. The van der Waals surface area contributed by atoms with Crippen molar-refractivity contribution >= 4 is 29.1 Å². The molecule has 0 spiro atoms. The SMILES string of the molecule is CC(=O)c1ccc(NC(=O)C2(CC(=O)O)CC(c3ccc(F)cc3)=NO2)cc1. The minimum Gasteiger partial charge on any atom is -0.481 e. The molecular weight excluding hydrogens is 367 g/mol. The van der Waals surface area contributed by atoms with Gasteiger partial charge >= 0.3 is 5.97 Å². The van der Waals surface area contributed by atoms with E-state index in [0.717, 1.165) is 0 Å². The maximum absolute atomic E-state index is 13.1. The molecule has 0 saturated heterocycles. The van der Waals surface area contributed by atoms with Crippen molar-refractivity contribution in [3.8, 4) is 0 Å². The van der Waals surface area contributed by atoms with Crippen molar-refractivity contribution < 1.29 is 28.7 Å². The first-order valence-corrected chi connectivity index (χ1v) is 8.44. The molecule has 3 rings (SSSR count). The first-order valence-electron chi connectivity index (χ1n) is 8.44. The van der Waals surface area contributed by atoms with Crippen LogP contribution in [0.15, 0.2) is 53.7 Å². The summed E-state index contributed by atoms with van der Waals surface area (Å²) in [5, 5.41) is 15.7. The minimum absolute atomic E-state index is 0.0811. The molecule has 1 heterocycles. The number of carboxylic acids is 1. The average molecular weight is 384 g/mol. The first-order chi connectivity index (χ1) is 13.3. The predicted octanol–water partition coefficient (Wildman–Crippen LogP) is 3.00. The van der Waals surface area contributed by atoms with Gasteiger partial charge < -0.3 is 15.3 Å². The molecule has 0 aliphatic carbocycles. The lowest BCUT2D eigenvalue weighted by Crippen LogP contribution is -2.45. The maximum atomic E-state index is 13.1. The van der Waals surface area contributed by atoms with Crippen LogP contribution in [-0.4, -0.2) is 34.1 Å². The number of nitrogens with one attached hydrogen (secondary N) is 1. The fourth-order valence-corrected chi connectivity index (χ4v) is 2.85. The Hall–Kier alpha value is -3.55. The largest absolute Gasteiger partial charge is 0.481 e. The zero-order valence-corrected chi connectivity index (χ0v) is 14.9. The summed E-state index contributed by atoms with van der Waals surface area (Å²) >= 11 is 0. The van der Waals surface area contributed by atoms with Gasteiger partial charge in [0.2, 0.25) is 5.60 Å². The Balaban J connectivity index is 1.80. The number of ketones is 1. The summed E-state index contributed by atoms with van der Waals surface area (Å²) in [7, 11) is 0. The van der Waals surface area contributed by atoms with Crippen LogP contribution >= 0.6 is 0 Å². The molecule has 1 aliphatic heterocycles. The van der Waals surface area contributed by atoms with Crippen molar-refractivity contribution in [2.24, 2.45) is 5.16 Å². The number of halogens is 1. The second kappa shape index (κ2) is 7.59. The van der Waals surface area contributed by atoms with Gasteiger partial charge in [0.25, 0.3) is 5.91 Å². The summed E-state index contributed by atoms with van der Waals surface area (Å²) in [5.41, 5.74) is 0.0286. The van der Waals surface area contributed by atoms with Crippen LogP contribution in [0.3, 0.4) is 0 Å². The van der Waals surface area contributed by atoms with Crippen molar-refractivity contribution in [1.29, 1.82) is 0 Å². The van der Waals surface area contributed by atoms with Gasteiger partial charge in [-0.2, -0.15) is 0 Å². The lowest BCUT2D eigenvalue weighted by atomic mass is 9.90. The zero-order chi connectivity index (χ0) is 20.3. The number of nitrogens with zero attached hydrogens (tertiary/aromatic N) is 1. The van der Waals surface area contributed by atoms with Crippen LogP contribution in [0, 0.1) is 5.82 Å². The summed E-state index contributed by atoms with van der Waals surface area (Å²) in [5.74, 6) is -2.44. The zero-order valence-electron chi connectivity index (χ0n) is 14.9. The van der Waals surface area contributed by atoms with E-state index < -0.39 is 29.7 Å². The van der Waals surface area contributed by atoms with Crippen LogP contribution in [0.4, 0.5) is 10.1 Å². The number of amides is 1. The van der Waals surface area contributed by atoms with Crippen molar-refractivity contribution in [2.45, 2.75) is 25.4 Å². The number of oxime groups is 1. The van der Waals surface area contributed by atoms with Gasteiger partial charge in [0.15, 0.2) is 5.78 Å². The number of carboxylic acid groups (broad SMARTS) is 1. The van der Waals surface area contributed by atoms with Crippen molar-refractivity contribution in [2.75, 3.05) is 5.32 Å². The van der Waals surface area contributed by atoms with Gasteiger partial charge in [-0.25, -0.2) is 4.39 Å². The molecule has 2 aromatic carbocycles. The molecular formula is C20H17FN2O5. The fraction of sp³-hybridized carbons (Fsp3) is 0.200. The molecule has 0 saturated carbocycles. The molecule has 28 heavy (non-hydrogen) atoms. The molecule has 0 radical (unpaired) electrons. The minimum atomic E-state index is -1.73. The molecule has 144 valence electrons. The van der Waals surface area contributed by atoms with Gasteiger partial charge in [0, 0.05) is 17.7 Å². The molecule has 1 unspecified atom stereocenters. The van der Waals surface area contributed by atoms with E-state index in [2.05, 4.69) is 10.5 Å². The van der Waals surface area contributed by atoms with Gasteiger partial charge in [0.05, 0.1) is 12.1 Å². The van der Waals surface area contributed by atoms with Gasteiger partial charge in [-0.05, 0) is 48.9 Å². The first kappa shape index (κ1) is 19.2. The molecule has 0 aromatic heterocycles. The molecule has 1 atom stereocenters. The lowest BCUT2D eigenvalue weighted by Gasteiger charge is -2.23. The maximum Gasteiger partial charge on any atom is 0.308 e. The normalized spacial score (nSPS) is 18.1. The second-order valence-electron chi connectivity index (χ2n) is 6.47. The number of aliphatic carboxylic acids is 1. The summed E-state index contributed by atoms with van der Waals surface area (Å²) < 4.78 is 13.1. The van der Waals surface area contributed by atoms with Crippen LogP contribution in [0.2, 0.25) is 0 Å². The lowest BCUT2D eigenvalue weighted by molar-refractivity contribution is -0.152. The summed E-state index contributed by atoms with van der Waals surface area (Å²) in [6.07, 6.45) is -0.680. The van der Waals surface area contributed by atoms with Gasteiger partial charge in [0.1, 0.15) is 5.82 Å². The highest BCUT2D eigenvalue weighted by molar-refractivity contribution is 6.09. The number of benzene rings is 2.